The van der Waals surface area contributed by atoms with Gasteiger partial charge in [-0.1, -0.05) is 35.9 Å². The van der Waals surface area contributed by atoms with E-state index in [1.54, 1.807) is 42.5 Å². The molecule has 0 spiro atoms. The van der Waals surface area contributed by atoms with Crippen LogP contribution in [0.3, 0.4) is 0 Å². The van der Waals surface area contributed by atoms with E-state index in [0.717, 1.165) is 5.56 Å². The number of anilines is 1. The van der Waals surface area contributed by atoms with Gasteiger partial charge in [0.15, 0.2) is 0 Å². The minimum absolute atomic E-state index is 0.277. The molecule has 110 valence electrons. The SMILES string of the molecule is Cc1ccc(S(=O)(=O)N2CC[C@@H](O)c3ccccc32)cc1. The molecule has 0 unspecified atom stereocenters. The summed E-state index contributed by atoms with van der Waals surface area (Å²) in [6.07, 6.45) is -0.201. The summed E-state index contributed by atoms with van der Waals surface area (Å²) in [7, 11) is -3.59. The maximum absolute atomic E-state index is 12.8. The fourth-order valence-electron chi connectivity index (χ4n) is 2.60. The fraction of sp³-hybridized carbons (Fsp3) is 0.250. The molecule has 0 saturated heterocycles. The van der Waals surface area contributed by atoms with E-state index in [9.17, 15) is 13.5 Å². The third kappa shape index (κ3) is 2.43. The number of rotatable bonds is 2. The summed E-state index contributed by atoms with van der Waals surface area (Å²) in [5.41, 5.74) is 2.25. The lowest BCUT2D eigenvalue weighted by atomic mass is 10.0. The minimum atomic E-state index is -3.59. The summed E-state index contributed by atoms with van der Waals surface area (Å²) >= 11 is 0. The van der Waals surface area contributed by atoms with Gasteiger partial charge >= 0.3 is 0 Å². The van der Waals surface area contributed by atoms with E-state index >= 15 is 0 Å². The van der Waals surface area contributed by atoms with Crippen LogP contribution in [0.1, 0.15) is 23.7 Å². The highest BCUT2D eigenvalue weighted by Gasteiger charge is 2.31. The standard InChI is InChI=1S/C16H17NO3S/c1-12-6-8-13(9-7-12)21(19,20)17-11-10-16(18)14-4-2-3-5-15(14)17/h2-9,16,18H,10-11H2,1H3/t16-/m1/s1. The average molecular weight is 303 g/mol. The lowest BCUT2D eigenvalue weighted by molar-refractivity contribution is 0.166. The van der Waals surface area contributed by atoms with Crippen LogP contribution in [0, 0.1) is 6.92 Å². The summed E-state index contributed by atoms with van der Waals surface area (Å²) in [5.74, 6) is 0. The molecule has 1 N–H and O–H groups in total. The highest BCUT2D eigenvalue weighted by molar-refractivity contribution is 7.92. The maximum Gasteiger partial charge on any atom is 0.264 e. The molecule has 0 bridgehead atoms. The van der Waals surface area contributed by atoms with Crippen LogP contribution < -0.4 is 4.31 Å². The lowest BCUT2D eigenvalue weighted by Gasteiger charge is -2.32. The molecule has 0 aromatic heterocycles. The van der Waals surface area contributed by atoms with Gasteiger partial charge in [-0.3, -0.25) is 4.31 Å². The monoisotopic (exact) mass is 303 g/mol. The Balaban J connectivity index is 2.08. The second-order valence-corrected chi connectivity index (χ2v) is 7.12. The molecule has 0 aliphatic carbocycles. The van der Waals surface area contributed by atoms with Crippen molar-refractivity contribution in [3.8, 4) is 0 Å². The van der Waals surface area contributed by atoms with Gasteiger partial charge in [-0.25, -0.2) is 8.42 Å². The fourth-order valence-corrected chi connectivity index (χ4v) is 4.10. The second-order valence-electron chi connectivity index (χ2n) is 5.25. The first-order valence-electron chi connectivity index (χ1n) is 6.86. The van der Waals surface area contributed by atoms with Crippen molar-refractivity contribution in [1.29, 1.82) is 0 Å². The first-order chi connectivity index (χ1) is 10.00. The van der Waals surface area contributed by atoms with Gasteiger partial charge in [-0.15, -0.1) is 0 Å². The van der Waals surface area contributed by atoms with Gasteiger partial charge in [0.05, 0.1) is 16.7 Å². The molecule has 2 aromatic rings. The molecule has 0 fully saturated rings. The number of aliphatic hydroxyl groups excluding tert-OH is 1. The van der Waals surface area contributed by atoms with Crippen molar-refractivity contribution in [1.82, 2.24) is 0 Å². The third-order valence-corrected chi connectivity index (χ3v) is 5.61. The summed E-state index contributed by atoms with van der Waals surface area (Å²) in [4.78, 5) is 0.277. The molecule has 0 amide bonds. The molecule has 3 rings (SSSR count). The summed E-state index contributed by atoms with van der Waals surface area (Å²) < 4.78 is 27.0. The Labute approximate surface area is 124 Å². The van der Waals surface area contributed by atoms with Crippen molar-refractivity contribution in [3.05, 3.63) is 59.7 Å². The number of hydrogen-bond acceptors (Lipinski definition) is 3. The first-order valence-corrected chi connectivity index (χ1v) is 8.30. The van der Waals surface area contributed by atoms with Crippen LogP contribution in [0.5, 0.6) is 0 Å². The van der Waals surface area contributed by atoms with Crippen LogP contribution in [0.15, 0.2) is 53.4 Å². The predicted octanol–water partition coefficient (Wildman–Crippen LogP) is 2.63. The zero-order valence-electron chi connectivity index (χ0n) is 11.7. The Bertz CT molecular complexity index is 753. The van der Waals surface area contributed by atoms with Crippen LogP contribution in [-0.2, 0) is 10.0 Å². The number of fused-ring (bicyclic) bond motifs is 1. The topological polar surface area (TPSA) is 57.6 Å². The van der Waals surface area contributed by atoms with Gasteiger partial charge in [-0.05, 0) is 31.5 Å². The first kappa shape index (κ1) is 14.1. The zero-order valence-corrected chi connectivity index (χ0v) is 12.5. The normalized spacial score (nSPS) is 18.4. The van der Waals surface area contributed by atoms with Crippen molar-refractivity contribution in [2.75, 3.05) is 10.8 Å². The van der Waals surface area contributed by atoms with Crippen molar-refractivity contribution in [3.63, 3.8) is 0 Å². The van der Waals surface area contributed by atoms with Gasteiger partial charge < -0.3 is 5.11 Å². The molecular weight excluding hydrogens is 286 g/mol. The number of nitrogens with zero attached hydrogens (tertiary/aromatic N) is 1. The van der Waals surface area contributed by atoms with Crippen molar-refractivity contribution in [2.24, 2.45) is 0 Å². The molecule has 5 heteroatoms. The van der Waals surface area contributed by atoms with Crippen LogP contribution in [-0.4, -0.2) is 20.1 Å². The molecule has 1 atom stereocenters. The van der Waals surface area contributed by atoms with E-state index < -0.39 is 16.1 Å². The molecule has 1 aliphatic heterocycles. The minimum Gasteiger partial charge on any atom is -0.388 e. The molecule has 1 aliphatic rings. The maximum atomic E-state index is 12.8. The van der Waals surface area contributed by atoms with Crippen molar-refractivity contribution in [2.45, 2.75) is 24.3 Å². The Morgan fingerprint density at radius 3 is 2.48 bits per heavy atom. The number of hydrogen-bond donors (Lipinski definition) is 1. The van der Waals surface area contributed by atoms with Gasteiger partial charge in [0.1, 0.15) is 0 Å². The van der Waals surface area contributed by atoms with Crippen LogP contribution in [0.25, 0.3) is 0 Å². The molecule has 0 radical (unpaired) electrons. The molecule has 4 nitrogen and oxygen atoms in total. The van der Waals surface area contributed by atoms with E-state index in [0.29, 0.717) is 17.7 Å². The van der Waals surface area contributed by atoms with E-state index in [1.807, 2.05) is 13.0 Å². The quantitative estimate of drug-likeness (QED) is 0.928. The van der Waals surface area contributed by atoms with Crippen LogP contribution in [0.2, 0.25) is 0 Å². The van der Waals surface area contributed by atoms with Gasteiger partial charge in [0, 0.05) is 12.1 Å². The number of aliphatic hydroxyl groups is 1. The van der Waals surface area contributed by atoms with E-state index in [1.165, 1.54) is 4.31 Å². The Morgan fingerprint density at radius 1 is 1.10 bits per heavy atom. The summed E-state index contributed by atoms with van der Waals surface area (Å²) in [6.45, 7) is 2.21. The second kappa shape index (κ2) is 5.16. The van der Waals surface area contributed by atoms with Crippen LogP contribution >= 0.6 is 0 Å². The van der Waals surface area contributed by atoms with Gasteiger partial charge in [0.25, 0.3) is 10.0 Å². The molecular formula is C16H17NO3S. The van der Waals surface area contributed by atoms with Gasteiger partial charge in [-0.2, -0.15) is 0 Å². The highest BCUT2D eigenvalue weighted by atomic mass is 32.2. The van der Waals surface area contributed by atoms with Crippen molar-refractivity contribution >= 4 is 15.7 Å². The van der Waals surface area contributed by atoms with Crippen molar-refractivity contribution < 1.29 is 13.5 Å². The van der Waals surface area contributed by atoms with E-state index in [2.05, 4.69) is 0 Å². The Kier molecular flexibility index (Phi) is 3.47. The number of aryl methyl sites for hydroxylation is 1. The molecule has 2 aromatic carbocycles. The number of sulfonamides is 1. The number of para-hydroxylation sites is 1. The van der Waals surface area contributed by atoms with Crippen LogP contribution in [0.4, 0.5) is 5.69 Å². The largest absolute Gasteiger partial charge is 0.388 e. The van der Waals surface area contributed by atoms with E-state index in [4.69, 9.17) is 0 Å². The van der Waals surface area contributed by atoms with E-state index in [-0.39, 0.29) is 11.4 Å². The molecule has 0 saturated carbocycles. The Hall–Kier alpha value is -1.85. The predicted molar refractivity (Wildman–Crippen MR) is 81.7 cm³/mol. The molecule has 21 heavy (non-hydrogen) atoms. The molecule has 1 heterocycles. The number of benzene rings is 2. The summed E-state index contributed by atoms with van der Waals surface area (Å²) in [6, 6.07) is 13.9. The third-order valence-electron chi connectivity index (χ3n) is 3.78. The smallest absolute Gasteiger partial charge is 0.264 e. The summed E-state index contributed by atoms with van der Waals surface area (Å²) in [5, 5.41) is 10.0. The Morgan fingerprint density at radius 2 is 1.76 bits per heavy atom. The average Bonchev–Trinajstić information content (AvgIpc) is 2.48. The highest BCUT2D eigenvalue weighted by Crippen LogP contribution is 2.36. The zero-order chi connectivity index (χ0) is 15.0. The lowest BCUT2D eigenvalue weighted by Crippen LogP contribution is -2.36. The van der Waals surface area contributed by atoms with Gasteiger partial charge in [0.2, 0.25) is 0 Å².